The summed E-state index contributed by atoms with van der Waals surface area (Å²) >= 11 is 0. The molecule has 0 aromatic carbocycles. The van der Waals surface area contributed by atoms with E-state index in [-0.39, 0.29) is 29.4 Å². The highest BCUT2D eigenvalue weighted by Crippen LogP contribution is 2.40. The molecule has 16 heavy (non-hydrogen) atoms. The number of hydrogen-bond donors (Lipinski definition) is 2. The first kappa shape index (κ1) is 12.3. The standard InChI is InChI=1S/C11H21NO3S/c1-11(2)9(6-10(11)13)12-8-4-3-5-16(14,15)7-8/h8-10,12-13H,3-7H2,1-2H3. The highest BCUT2D eigenvalue weighted by molar-refractivity contribution is 7.91. The van der Waals surface area contributed by atoms with Crippen LogP contribution in [0.4, 0.5) is 0 Å². The Kier molecular flexibility index (Phi) is 3.05. The minimum absolute atomic E-state index is 0.0792. The molecule has 0 amide bonds. The first-order valence-electron chi connectivity index (χ1n) is 5.96. The molecule has 0 radical (unpaired) electrons. The molecule has 0 aromatic heterocycles. The zero-order chi connectivity index (χ0) is 12.0. The predicted molar refractivity (Wildman–Crippen MR) is 63.0 cm³/mol. The molecular weight excluding hydrogens is 226 g/mol. The highest BCUT2D eigenvalue weighted by atomic mass is 32.2. The van der Waals surface area contributed by atoms with Gasteiger partial charge < -0.3 is 10.4 Å². The van der Waals surface area contributed by atoms with Gasteiger partial charge in [-0.2, -0.15) is 0 Å². The van der Waals surface area contributed by atoms with Crippen LogP contribution in [-0.2, 0) is 9.84 Å². The van der Waals surface area contributed by atoms with E-state index in [0.29, 0.717) is 5.75 Å². The minimum atomic E-state index is -2.84. The average molecular weight is 247 g/mol. The van der Waals surface area contributed by atoms with Gasteiger partial charge in [-0.3, -0.25) is 0 Å². The largest absolute Gasteiger partial charge is 0.392 e. The van der Waals surface area contributed by atoms with Gasteiger partial charge in [0.25, 0.3) is 0 Å². The summed E-state index contributed by atoms with van der Waals surface area (Å²) in [6.07, 6.45) is 2.17. The number of aliphatic hydroxyl groups excluding tert-OH is 1. The molecule has 0 spiro atoms. The topological polar surface area (TPSA) is 66.4 Å². The summed E-state index contributed by atoms with van der Waals surface area (Å²) in [4.78, 5) is 0. The van der Waals surface area contributed by atoms with Crippen LogP contribution in [0.5, 0.6) is 0 Å². The van der Waals surface area contributed by atoms with Gasteiger partial charge in [0, 0.05) is 17.5 Å². The monoisotopic (exact) mass is 247 g/mol. The fourth-order valence-corrected chi connectivity index (χ4v) is 4.27. The molecule has 2 N–H and O–H groups in total. The highest BCUT2D eigenvalue weighted by Gasteiger charge is 2.48. The van der Waals surface area contributed by atoms with Gasteiger partial charge in [-0.15, -0.1) is 0 Å². The Bertz CT molecular complexity index is 363. The van der Waals surface area contributed by atoms with Crippen molar-refractivity contribution in [3.8, 4) is 0 Å². The predicted octanol–water partition coefficient (Wildman–Crippen LogP) is 0.313. The second kappa shape index (κ2) is 3.96. The van der Waals surface area contributed by atoms with Gasteiger partial charge in [0.2, 0.25) is 0 Å². The molecule has 1 heterocycles. The number of sulfone groups is 1. The lowest BCUT2D eigenvalue weighted by Crippen LogP contribution is -2.63. The van der Waals surface area contributed by atoms with E-state index in [1.165, 1.54) is 0 Å². The first-order valence-corrected chi connectivity index (χ1v) is 7.78. The Hall–Kier alpha value is -0.130. The van der Waals surface area contributed by atoms with Crippen LogP contribution in [0.25, 0.3) is 0 Å². The molecule has 5 heteroatoms. The molecule has 94 valence electrons. The van der Waals surface area contributed by atoms with Crippen molar-refractivity contribution in [3.63, 3.8) is 0 Å². The third-order valence-electron chi connectivity index (χ3n) is 4.12. The summed E-state index contributed by atoms with van der Waals surface area (Å²) in [5, 5.41) is 13.0. The van der Waals surface area contributed by atoms with Crippen molar-refractivity contribution in [3.05, 3.63) is 0 Å². The van der Waals surface area contributed by atoms with Gasteiger partial charge in [-0.05, 0) is 19.3 Å². The quantitative estimate of drug-likeness (QED) is 0.737. The number of aliphatic hydroxyl groups is 1. The summed E-state index contributed by atoms with van der Waals surface area (Å²) < 4.78 is 23.0. The van der Waals surface area contributed by atoms with Crippen LogP contribution in [0.1, 0.15) is 33.1 Å². The number of nitrogens with one attached hydrogen (secondary N) is 1. The molecule has 3 unspecified atom stereocenters. The third-order valence-corrected chi connectivity index (χ3v) is 5.94. The SMILES string of the molecule is CC1(C)C(O)CC1NC1CCCS(=O)(=O)C1. The second-order valence-electron chi connectivity index (χ2n) is 5.75. The van der Waals surface area contributed by atoms with E-state index in [4.69, 9.17) is 0 Å². The van der Waals surface area contributed by atoms with E-state index in [1.807, 2.05) is 13.8 Å². The summed E-state index contributed by atoms with van der Waals surface area (Å²) in [6, 6.07) is 0.330. The van der Waals surface area contributed by atoms with Crippen molar-refractivity contribution < 1.29 is 13.5 Å². The molecular formula is C11H21NO3S. The maximum atomic E-state index is 11.5. The van der Waals surface area contributed by atoms with E-state index in [0.717, 1.165) is 19.3 Å². The van der Waals surface area contributed by atoms with E-state index in [2.05, 4.69) is 5.32 Å². The van der Waals surface area contributed by atoms with Crippen LogP contribution in [0.15, 0.2) is 0 Å². The summed E-state index contributed by atoms with van der Waals surface area (Å²) in [5.41, 5.74) is -0.124. The van der Waals surface area contributed by atoms with E-state index in [1.54, 1.807) is 0 Å². The van der Waals surface area contributed by atoms with E-state index in [9.17, 15) is 13.5 Å². The molecule has 4 nitrogen and oxygen atoms in total. The molecule has 2 rings (SSSR count). The van der Waals surface area contributed by atoms with Gasteiger partial charge in [0.05, 0.1) is 17.6 Å². The smallest absolute Gasteiger partial charge is 0.151 e. The molecule has 1 aliphatic heterocycles. The molecule has 1 saturated heterocycles. The van der Waals surface area contributed by atoms with Crippen LogP contribution >= 0.6 is 0 Å². The molecule has 1 aliphatic carbocycles. The van der Waals surface area contributed by atoms with Crippen molar-refractivity contribution in [1.82, 2.24) is 5.32 Å². The van der Waals surface area contributed by atoms with Gasteiger partial charge in [-0.1, -0.05) is 13.8 Å². The molecule has 2 aliphatic rings. The zero-order valence-corrected chi connectivity index (χ0v) is 10.8. The first-order chi connectivity index (χ1) is 7.31. The fraction of sp³-hybridized carbons (Fsp3) is 1.00. The lowest BCUT2D eigenvalue weighted by atomic mass is 9.64. The normalized spacial score (nSPS) is 41.3. The van der Waals surface area contributed by atoms with E-state index >= 15 is 0 Å². The lowest BCUT2D eigenvalue weighted by Gasteiger charge is -2.51. The number of hydrogen-bond acceptors (Lipinski definition) is 4. The van der Waals surface area contributed by atoms with Crippen molar-refractivity contribution in [2.45, 2.75) is 51.3 Å². The maximum absolute atomic E-state index is 11.5. The maximum Gasteiger partial charge on any atom is 0.151 e. The lowest BCUT2D eigenvalue weighted by molar-refractivity contribution is -0.0755. The van der Waals surface area contributed by atoms with Gasteiger partial charge in [0.15, 0.2) is 9.84 Å². The Morgan fingerprint density at radius 3 is 2.56 bits per heavy atom. The summed E-state index contributed by atoms with van der Waals surface area (Å²) in [7, 11) is -2.84. The van der Waals surface area contributed by atoms with Crippen LogP contribution in [-0.4, -0.2) is 43.2 Å². The molecule has 0 bridgehead atoms. The Balaban J connectivity index is 1.92. The third kappa shape index (κ3) is 2.26. The summed E-state index contributed by atoms with van der Waals surface area (Å²) in [6.45, 7) is 4.05. The van der Waals surface area contributed by atoms with Crippen molar-refractivity contribution >= 4 is 9.84 Å². The molecule has 1 saturated carbocycles. The van der Waals surface area contributed by atoms with Crippen LogP contribution in [0.2, 0.25) is 0 Å². The Labute approximate surface area is 97.3 Å². The Morgan fingerprint density at radius 2 is 2.06 bits per heavy atom. The van der Waals surface area contributed by atoms with Crippen molar-refractivity contribution in [2.75, 3.05) is 11.5 Å². The molecule has 2 fully saturated rings. The fourth-order valence-electron chi connectivity index (χ4n) is 2.62. The van der Waals surface area contributed by atoms with E-state index < -0.39 is 9.84 Å². The van der Waals surface area contributed by atoms with Gasteiger partial charge >= 0.3 is 0 Å². The van der Waals surface area contributed by atoms with Crippen molar-refractivity contribution in [2.24, 2.45) is 5.41 Å². The molecule has 0 aromatic rings. The zero-order valence-electron chi connectivity index (χ0n) is 9.94. The van der Waals surface area contributed by atoms with Crippen LogP contribution in [0, 0.1) is 5.41 Å². The van der Waals surface area contributed by atoms with Gasteiger partial charge in [0.1, 0.15) is 0 Å². The van der Waals surface area contributed by atoms with Crippen molar-refractivity contribution in [1.29, 1.82) is 0 Å². The molecule has 3 atom stereocenters. The average Bonchev–Trinajstić information content (AvgIpc) is 2.16. The minimum Gasteiger partial charge on any atom is -0.392 e. The number of rotatable bonds is 2. The van der Waals surface area contributed by atoms with Crippen LogP contribution < -0.4 is 5.32 Å². The Morgan fingerprint density at radius 1 is 1.38 bits per heavy atom. The second-order valence-corrected chi connectivity index (χ2v) is 7.97. The van der Waals surface area contributed by atoms with Crippen LogP contribution in [0.3, 0.4) is 0 Å². The van der Waals surface area contributed by atoms with Gasteiger partial charge in [-0.25, -0.2) is 8.42 Å². The summed E-state index contributed by atoms with van der Waals surface area (Å²) in [5.74, 6) is 0.595.